The van der Waals surface area contributed by atoms with Crippen molar-refractivity contribution in [3.05, 3.63) is 54.5 Å². The van der Waals surface area contributed by atoms with Crippen molar-refractivity contribution in [1.29, 1.82) is 0 Å². The van der Waals surface area contributed by atoms with Crippen LogP contribution < -0.4 is 4.90 Å². The molecular formula is C21H21F2N5O2. The van der Waals surface area contributed by atoms with Gasteiger partial charge < -0.3 is 14.6 Å². The van der Waals surface area contributed by atoms with Gasteiger partial charge in [-0.1, -0.05) is 30.3 Å². The van der Waals surface area contributed by atoms with Gasteiger partial charge in [0.2, 0.25) is 0 Å². The topological polar surface area (TPSA) is 74.3 Å². The summed E-state index contributed by atoms with van der Waals surface area (Å²) in [6.45, 7) is 0.00891. The maximum atomic E-state index is 14.9. The number of H-pyrrole nitrogens is 1. The number of halogens is 2. The molecule has 1 unspecified atom stereocenters. The zero-order valence-corrected chi connectivity index (χ0v) is 16.2. The van der Waals surface area contributed by atoms with Crippen molar-refractivity contribution < 1.29 is 18.3 Å². The zero-order valence-electron chi connectivity index (χ0n) is 16.2. The van der Waals surface area contributed by atoms with Crippen LogP contribution in [0.25, 0.3) is 11.0 Å². The third-order valence-electron chi connectivity index (χ3n) is 6.08. The molecule has 0 radical (unpaired) electrons. The summed E-state index contributed by atoms with van der Waals surface area (Å²) in [5.74, 6) is -2.39. The Morgan fingerprint density at radius 3 is 2.80 bits per heavy atom. The molecule has 30 heavy (non-hydrogen) atoms. The molecule has 2 saturated heterocycles. The summed E-state index contributed by atoms with van der Waals surface area (Å²) >= 11 is 0. The van der Waals surface area contributed by atoms with E-state index in [0.717, 1.165) is 10.9 Å². The number of benzene rings is 1. The van der Waals surface area contributed by atoms with E-state index in [4.69, 9.17) is 4.74 Å². The van der Waals surface area contributed by atoms with E-state index in [0.29, 0.717) is 24.4 Å². The molecule has 2 aromatic heterocycles. The highest BCUT2D eigenvalue weighted by Gasteiger charge is 2.70. The summed E-state index contributed by atoms with van der Waals surface area (Å²) < 4.78 is 35.1. The van der Waals surface area contributed by atoms with Crippen molar-refractivity contribution in [2.24, 2.45) is 0 Å². The minimum absolute atomic E-state index is 0.00225. The summed E-state index contributed by atoms with van der Waals surface area (Å²) in [6.07, 6.45) is 3.20. The molecule has 2 fully saturated rings. The Hall–Kier alpha value is -3.23. The number of carbonyl (C=O) groups is 1. The molecule has 0 bridgehead atoms. The van der Waals surface area contributed by atoms with Crippen molar-refractivity contribution in [2.75, 3.05) is 24.5 Å². The fourth-order valence-electron chi connectivity index (χ4n) is 4.49. The first-order chi connectivity index (χ1) is 14.5. The number of amides is 1. The quantitative estimate of drug-likeness (QED) is 0.710. The number of likely N-dealkylation sites (tertiary alicyclic amines) is 1. The van der Waals surface area contributed by atoms with Gasteiger partial charge in [-0.25, -0.2) is 23.5 Å². The van der Waals surface area contributed by atoms with Crippen molar-refractivity contribution in [3.63, 3.8) is 0 Å². The number of nitrogens with one attached hydrogen (secondary N) is 1. The molecule has 9 heteroatoms. The minimum atomic E-state index is -2.98. The van der Waals surface area contributed by atoms with Gasteiger partial charge in [-0.15, -0.1) is 0 Å². The van der Waals surface area contributed by atoms with Crippen LogP contribution in [0.4, 0.5) is 19.4 Å². The second kappa shape index (κ2) is 6.93. The van der Waals surface area contributed by atoms with Crippen molar-refractivity contribution in [3.8, 4) is 0 Å². The van der Waals surface area contributed by atoms with Gasteiger partial charge in [0.1, 0.15) is 29.9 Å². The van der Waals surface area contributed by atoms with Crippen LogP contribution in [0.3, 0.4) is 0 Å². The lowest BCUT2D eigenvalue weighted by atomic mass is 9.74. The highest BCUT2D eigenvalue weighted by molar-refractivity contribution is 5.87. The molecule has 1 amide bonds. The Balaban J connectivity index is 1.38. The predicted octanol–water partition coefficient (Wildman–Crippen LogP) is 3.58. The summed E-state index contributed by atoms with van der Waals surface area (Å²) in [5.41, 5.74) is -0.125. The second-order valence-electron chi connectivity index (χ2n) is 7.82. The Bertz CT molecular complexity index is 1070. The standard InChI is InChI=1S/C21H21F2N5O2/c22-21(23)13-28(19(29)30-11-15-5-2-1-3-6-15)20(21)8-4-10-27(12-20)18-16-7-9-24-17(16)25-14-26-18/h1-3,5-7,9,14H,4,8,10-13H2,(H,24,25,26). The van der Waals surface area contributed by atoms with Crippen molar-refractivity contribution in [2.45, 2.75) is 30.9 Å². The molecule has 1 atom stereocenters. The number of nitrogens with zero attached hydrogens (tertiary/aromatic N) is 4. The normalized spacial score (nSPS) is 22.9. The SMILES string of the molecule is O=C(OCc1ccccc1)N1CC(F)(F)C12CCCN(c1ncnc3[nH]ccc13)C2. The average molecular weight is 413 g/mol. The van der Waals surface area contributed by atoms with Gasteiger partial charge in [0, 0.05) is 19.3 Å². The minimum Gasteiger partial charge on any atom is -0.445 e. The number of rotatable bonds is 3. The predicted molar refractivity (Wildman–Crippen MR) is 106 cm³/mol. The van der Waals surface area contributed by atoms with Gasteiger partial charge in [0.05, 0.1) is 11.9 Å². The third kappa shape index (κ3) is 2.88. The maximum absolute atomic E-state index is 14.9. The van der Waals surface area contributed by atoms with Gasteiger partial charge in [0.15, 0.2) is 0 Å². The molecule has 2 aliphatic rings. The zero-order chi connectivity index (χ0) is 20.8. The molecule has 0 saturated carbocycles. The van der Waals surface area contributed by atoms with Crippen LogP contribution in [-0.4, -0.2) is 57.0 Å². The molecule has 0 aliphatic carbocycles. The van der Waals surface area contributed by atoms with E-state index in [9.17, 15) is 13.6 Å². The van der Waals surface area contributed by atoms with Crippen molar-refractivity contribution >= 4 is 22.9 Å². The number of anilines is 1. The fraction of sp³-hybridized carbons (Fsp3) is 0.381. The van der Waals surface area contributed by atoms with E-state index in [1.165, 1.54) is 11.2 Å². The number of aromatic amines is 1. The van der Waals surface area contributed by atoms with Gasteiger partial charge >= 0.3 is 6.09 Å². The van der Waals surface area contributed by atoms with E-state index < -0.39 is 24.1 Å². The fourth-order valence-corrected chi connectivity index (χ4v) is 4.49. The van der Waals surface area contributed by atoms with Gasteiger partial charge in [0.25, 0.3) is 5.92 Å². The van der Waals surface area contributed by atoms with E-state index >= 15 is 0 Å². The van der Waals surface area contributed by atoms with Crippen LogP contribution in [0.2, 0.25) is 0 Å². The molecule has 1 spiro atoms. The van der Waals surface area contributed by atoms with E-state index in [2.05, 4.69) is 15.0 Å². The Labute approximate surface area is 171 Å². The number of carbonyl (C=O) groups excluding carboxylic acids is 1. The number of aromatic nitrogens is 3. The van der Waals surface area contributed by atoms with Crippen LogP contribution in [0, 0.1) is 0 Å². The molecule has 3 aromatic rings. The highest BCUT2D eigenvalue weighted by atomic mass is 19.3. The molecule has 156 valence electrons. The van der Waals surface area contributed by atoms with Crippen LogP contribution in [-0.2, 0) is 11.3 Å². The second-order valence-corrected chi connectivity index (χ2v) is 7.82. The lowest BCUT2D eigenvalue weighted by molar-refractivity contribution is -0.233. The Kier molecular flexibility index (Phi) is 4.34. The van der Waals surface area contributed by atoms with E-state index in [-0.39, 0.29) is 19.6 Å². The first kappa shape index (κ1) is 18.8. The Morgan fingerprint density at radius 2 is 2.00 bits per heavy atom. The summed E-state index contributed by atoms with van der Waals surface area (Å²) in [4.78, 5) is 27.2. The highest BCUT2D eigenvalue weighted by Crippen LogP contribution is 2.50. The summed E-state index contributed by atoms with van der Waals surface area (Å²) in [7, 11) is 0. The number of piperidine rings is 1. The number of alkyl halides is 2. The number of fused-ring (bicyclic) bond motifs is 1. The molecule has 2 aliphatic heterocycles. The van der Waals surface area contributed by atoms with E-state index in [1.807, 2.05) is 41.3 Å². The maximum Gasteiger partial charge on any atom is 0.411 e. The largest absolute Gasteiger partial charge is 0.445 e. The summed E-state index contributed by atoms with van der Waals surface area (Å²) in [5, 5.41) is 0.774. The van der Waals surface area contributed by atoms with E-state index in [1.54, 1.807) is 6.20 Å². The molecule has 4 heterocycles. The molecule has 7 nitrogen and oxygen atoms in total. The lowest BCUT2D eigenvalue weighted by Gasteiger charge is -2.60. The van der Waals surface area contributed by atoms with Crippen LogP contribution in [0.15, 0.2) is 48.9 Å². The van der Waals surface area contributed by atoms with Gasteiger partial charge in [-0.05, 0) is 24.5 Å². The summed E-state index contributed by atoms with van der Waals surface area (Å²) in [6, 6.07) is 11.0. The third-order valence-corrected chi connectivity index (χ3v) is 6.08. The monoisotopic (exact) mass is 413 g/mol. The smallest absolute Gasteiger partial charge is 0.411 e. The molecular weight excluding hydrogens is 392 g/mol. The van der Waals surface area contributed by atoms with Gasteiger partial charge in [-0.2, -0.15) is 0 Å². The number of hydrogen-bond donors (Lipinski definition) is 1. The van der Waals surface area contributed by atoms with Crippen LogP contribution in [0.1, 0.15) is 18.4 Å². The van der Waals surface area contributed by atoms with Crippen molar-refractivity contribution in [1.82, 2.24) is 19.9 Å². The first-order valence-corrected chi connectivity index (χ1v) is 9.89. The first-order valence-electron chi connectivity index (χ1n) is 9.89. The van der Waals surface area contributed by atoms with Crippen LogP contribution in [0.5, 0.6) is 0 Å². The average Bonchev–Trinajstić information content (AvgIpc) is 3.26. The van der Waals surface area contributed by atoms with Gasteiger partial charge in [-0.3, -0.25) is 4.90 Å². The molecule has 1 aromatic carbocycles. The number of hydrogen-bond acceptors (Lipinski definition) is 5. The molecule has 5 rings (SSSR count). The molecule has 1 N–H and O–H groups in total. The number of ether oxygens (including phenoxy) is 1. The van der Waals surface area contributed by atoms with Crippen LogP contribution >= 0.6 is 0 Å². The Morgan fingerprint density at radius 1 is 1.17 bits per heavy atom. The lowest BCUT2D eigenvalue weighted by Crippen LogP contribution is -2.80.